The van der Waals surface area contributed by atoms with Crippen LogP contribution in [0, 0.1) is 11.3 Å². The van der Waals surface area contributed by atoms with Gasteiger partial charge in [0.05, 0.1) is 5.92 Å². The van der Waals surface area contributed by atoms with Crippen LogP contribution in [-0.4, -0.2) is 58.8 Å². The van der Waals surface area contributed by atoms with E-state index in [0.29, 0.717) is 0 Å². The molecule has 154 valence electrons. The molecule has 27 heavy (non-hydrogen) atoms. The molecule has 0 amide bonds. The molecule has 0 spiro atoms. The number of hydrogen-bond donors (Lipinski definition) is 1. The Kier molecular flexibility index (Phi) is 8.59. The van der Waals surface area contributed by atoms with Crippen molar-refractivity contribution in [2.75, 3.05) is 6.61 Å². The standard InChI is InChI=1S/C15H20Cl3NO8/c1-6-11(24-8(3)21)12(25-9(4)22)10(5-23-7(2)20)26-13(6)27-14(19)15(16,17)18/h6,10-13,19H,5H2,1-4H3/t6-,10-,11-,12-,13-/m1/s1. The maximum Gasteiger partial charge on any atom is 0.303 e. The Morgan fingerprint density at radius 3 is 1.93 bits per heavy atom. The molecule has 0 aromatic rings. The summed E-state index contributed by atoms with van der Waals surface area (Å²) in [6, 6.07) is 0. The number of hydrogen-bond acceptors (Lipinski definition) is 9. The van der Waals surface area contributed by atoms with Gasteiger partial charge >= 0.3 is 17.9 Å². The van der Waals surface area contributed by atoms with Crippen LogP contribution in [0.15, 0.2) is 0 Å². The van der Waals surface area contributed by atoms with Crippen molar-refractivity contribution in [1.82, 2.24) is 0 Å². The predicted octanol–water partition coefficient (Wildman–Crippen LogP) is 2.14. The van der Waals surface area contributed by atoms with Gasteiger partial charge in [0.25, 0.3) is 3.79 Å². The number of carbonyl (C=O) groups excluding carboxylic acids is 3. The molecule has 5 atom stereocenters. The van der Waals surface area contributed by atoms with E-state index < -0.39 is 58.1 Å². The molecule has 0 aromatic heterocycles. The van der Waals surface area contributed by atoms with E-state index in [1.807, 2.05) is 0 Å². The lowest BCUT2D eigenvalue weighted by atomic mass is 9.92. The van der Waals surface area contributed by atoms with Crippen LogP contribution < -0.4 is 0 Å². The second-order valence-corrected chi connectivity index (χ2v) is 8.08. The van der Waals surface area contributed by atoms with Crippen molar-refractivity contribution in [3.63, 3.8) is 0 Å². The zero-order valence-corrected chi connectivity index (χ0v) is 17.3. The lowest BCUT2D eigenvalue weighted by molar-refractivity contribution is -0.271. The predicted molar refractivity (Wildman–Crippen MR) is 94.7 cm³/mol. The van der Waals surface area contributed by atoms with Crippen LogP contribution in [0.5, 0.6) is 0 Å². The average molecular weight is 449 g/mol. The molecule has 1 saturated heterocycles. The van der Waals surface area contributed by atoms with Crippen molar-refractivity contribution >= 4 is 58.6 Å². The van der Waals surface area contributed by atoms with Gasteiger partial charge in [-0.3, -0.25) is 19.8 Å². The minimum Gasteiger partial charge on any atom is -0.463 e. The number of halogens is 3. The number of alkyl halides is 3. The van der Waals surface area contributed by atoms with Gasteiger partial charge in [-0.05, 0) is 0 Å². The van der Waals surface area contributed by atoms with Crippen LogP contribution in [0.4, 0.5) is 0 Å². The largest absolute Gasteiger partial charge is 0.463 e. The summed E-state index contributed by atoms with van der Waals surface area (Å²) in [6.07, 6.45) is -4.35. The number of rotatable bonds is 5. The molecule has 1 aliphatic rings. The molecule has 1 N–H and O–H groups in total. The highest BCUT2D eigenvalue weighted by atomic mass is 35.6. The summed E-state index contributed by atoms with van der Waals surface area (Å²) in [7, 11) is 0. The molecule has 12 heteroatoms. The van der Waals surface area contributed by atoms with Crippen LogP contribution in [0.3, 0.4) is 0 Å². The zero-order valence-electron chi connectivity index (χ0n) is 15.0. The van der Waals surface area contributed by atoms with Gasteiger partial charge in [-0.1, -0.05) is 41.7 Å². The molecule has 0 saturated carbocycles. The molecule has 0 unspecified atom stereocenters. The van der Waals surface area contributed by atoms with Gasteiger partial charge in [0.15, 0.2) is 6.10 Å². The summed E-state index contributed by atoms with van der Waals surface area (Å²) in [5.41, 5.74) is 0. The Morgan fingerprint density at radius 1 is 0.963 bits per heavy atom. The number of ether oxygens (including phenoxy) is 5. The quantitative estimate of drug-likeness (QED) is 0.223. The molecule has 1 heterocycles. The van der Waals surface area contributed by atoms with E-state index >= 15 is 0 Å². The average Bonchev–Trinajstić information content (AvgIpc) is 2.50. The second-order valence-electron chi connectivity index (χ2n) is 5.80. The topological polar surface area (TPSA) is 121 Å². The first-order valence-electron chi connectivity index (χ1n) is 7.78. The molecule has 0 aromatic carbocycles. The Morgan fingerprint density at radius 2 is 1.48 bits per heavy atom. The van der Waals surface area contributed by atoms with Gasteiger partial charge in [0.2, 0.25) is 12.2 Å². The normalized spacial score (nSPS) is 28.0. The number of nitrogens with one attached hydrogen (secondary N) is 1. The molecule has 1 fully saturated rings. The lowest BCUT2D eigenvalue weighted by Crippen LogP contribution is -2.59. The fraction of sp³-hybridized carbons (Fsp3) is 0.733. The molecule has 0 aliphatic carbocycles. The van der Waals surface area contributed by atoms with Crippen molar-refractivity contribution in [2.45, 2.75) is 56.1 Å². The van der Waals surface area contributed by atoms with Crippen LogP contribution in [0.1, 0.15) is 27.7 Å². The molecule has 9 nitrogen and oxygen atoms in total. The van der Waals surface area contributed by atoms with Crippen LogP contribution in [0.25, 0.3) is 0 Å². The third-order valence-corrected chi connectivity index (χ3v) is 4.01. The van der Waals surface area contributed by atoms with Crippen LogP contribution in [0.2, 0.25) is 0 Å². The van der Waals surface area contributed by atoms with E-state index in [1.165, 1.54) is 20.8 Å². The van der Waals surface area contributed by atoms with Crippen molar-refractivity contribution in [2.24, 2.45) is 5.92 Å². The second kappa shape index (κ2) is 9.77. The third-order valence-electron chi connectivity index (χ3n) is 3.49. The van der Waals surface area contributed by atoms with E-state index in [9.17, 15) is 14.4 Å². The minimum absolute atomic E-state index is 0.321. The van der Waals surface area contributed by atoms with Crippen LogP contribution in [-0.2, 0) is 38.1 Å². The van der Waals surface area contributed by atoms with E-state index in [2.05, 4.69) is 0 Å². The van der Waals surface area contributed by atoms with Gasteiger partial charge in [-0.25, -0.2) is 0 Å². The first-order chi connectivity index (χ1) is 12.3. The van der Waals surface area contributed by atoms with E-state index in [0.717, 1.165) is 0 Å². The number of carbonyl (C=O) groups is 3. The fourth-order valence-electron chi connectivity index (χ4n) is 2.39. The summed E-state index contributed by atoms with van der Waals surface area (Å²) >= 11 is 16.8. The highest BCUT2D eigenvalue weighted by Crippen LogP contribution is 2.34. The number of esters is 3. The van der Waals surface area contributed by atoms with Crippen molar-refractivity contribution in [1.29, 1.82) is 5.41 Å². The minimum atomic E-state index is -2.14. The smallest absolute Gasteiger partial charge is 0.303 e. The van der Waals surface area contributed by atoms with Gasteiger partial charge in [0, 0.05) is 20.8 Å². The summed E-state index contributed by atoms with van der Waals surface area (Å²) in [4.78, 5) is 34.1. The molecule has 1 rings (SSSR count). The highest BCUT2D eigenvalue weighted by Gasteiger charge is 2.50. The Labute approximate surface area is 170 Å². The summed E-state index contributed by atoms with van der Waals surface area (Å²) < 4.78 is 24.2. The summed E-state index contributed by atoms with van der Waals surface area (Å²) in [6.45, 7) is 4.77. The Hall–Kier alpha value is -1.29. The first-order valence-corrected chi connectivity index (χ1v) is 8.92. The summed E-state index contributed by atoms with van der Waals surface area (Å²) in [5.74, 6) is -3.35. The SMILES string of the molecule is CC(=O)OC[C@H]1O[C@H](OC(=N)C(Cl)(Cl)Cl)[C@H](C)[C@@H](OC(C)=O)[C@@H]1OC(C)=O. The van der Waals surface area contributed by atoms with E-state index in [4.69, 9.17) is 63.9 Å². The maximum atomic E-state index is 11.5. The monoisotopic (exact) mass is 447 g/mol. The fourth-order valence-corrected chi connectivity index (χ4v) is 2.53. The van der Waals surface area contributed by atoms with Gasteiger partial charge < -0.3 is 23.7 Å². The molecule has 0 bridgehead atoms. The molecule has 1 aliphatic heterocycles. The first kappa shape index (κ1) is 23.7. The zero-order chi connectivity index (χ0) is 20.9. The van der Waals surface area contributed by atoms with Crippen LogP contribution >= 0.6 is 34.8 Å². The summed E-state index contributed by atoms with van der Waals surface area (Å²) in [5, 5.41) is 7.70. The Balaban J connectivity index is 3.14. The van der Waals surface area contributed by atoms with Crippen molar-refractivity contribution in [3.05, 3.63) is 0 Å². The van der Waals surface area contributed by atoms with E-state index in [1.54, 1.807) is 6.92 Å². The maximum absolute atomic E-state index is 11.5. The lowest BCUT2D eigenvalue weighted by Gasteiger charge is -2.43. The van der Waals surface area contributed by atoms with Gasteiger partial charge in [0.1, 0.15) is 18.8 Å². The van der Waals surface area contributed by atoms with Gasteiger partial charge in [-0.2, -0.15) is 0 Å². The molecular formula is C15H20Cl3NO8. The van der Waals surface area contributed by atoms with Crippen molar-refractivity contribution < 1.29 is 38.1 Å². The highest BCUT2D eigenvalue weighted by molar-refractivity contribution is 6.76. The van der Waals surface area contributed by atoms with E-state index in [-0.39, 0.29) is 6.61 Å². The molecule has 0 radical (unpaired) electrons. The van der Waals surface area contributed by atoms with Gasteiger partial charge in [-0.15, -0.1) is 0 Å². The van der Waals surface area contributed by atoms with Crippen molar-refractivity contribution in [3.8, 4) is 0 Å². The third kappa shape index (κ3) is 7.33. The Bertz CT molecular complexity index is 594. The molecular weight excluding hydrogens is 429 g/mol.